The van der Waals surface area contributed by atoms with Gasteiger partial charge in [-0.3, -0.25) is 0 Å². The highest BCUT2D eigenvalue weighted by molar-refractivity contribution is 5.28. The van der Waals surface area contributed by atoms with Crippen molar-refractivity contribution < 1.29 is 13.9 Å². The summed E-state index contributed by atoms with van der Waals surface area (Å²) in [7, 11) is 0. The average Bonchev–Trinajstić information content (AvgIpc) is 2.43. The number of halogens is 2. The Balaban J connectivity index is 2.05. The number of rotatable bonds is 5. The Morgan fingerprint density at radius 2 is 1.80 bits per heavy atom. The molecular weight excluding hydrogens is 260 g/mol. The fourth-order valence-electron chi connectivity index (χ4n) is 2.10. The van der Waals surface area contributed by atoms with Crippen molar-refractivity contribution in [3.63, 3.8) is 0 Å². The van der Waals surface area contributed by atoms with Crippen LogP contribution < -0.4 is 5.32 Å². The molecule has 0 spiro atoms. The summed E-state index contributed by atoms with van der Waals surface area (Å²) in [5, 5.41) is 12.5. The highest BCUT2D eigenvalue weighted by atomic mass is 19.1. The molecule has 0 bridgehead atoms. The van der Waals surface area contributed by atoms with Gasteiger partial charge in [-0.15, -0.1) is 0 Å². The van der Waals surface area contributed by atoms with Crippen LogP contribution in [0.25, 0.3) is 0 Å². The largest absolute Gasteiger partial charge is 0.508 e. The Morgan fingerprint density at radius 3 is 2.40 bits per heavy atom. The smallest absolute Gasteiger partial charge is 0.130 e. The number of aromatic hydroxyl groups is 1. The minimum atomic E-state index is -0.572. The predicted molar refractivity (Wildman–Crippen MR) is 74.3 cm³/mol. The number of benzene rings is 2. The molecule has 20 heavy (non-hydrogen) atoms. The Labute approximate surface area is 117 Å². The van der Waals surface area contributed by atoms with Crippen LogP contribution in [0.1, 0.15) is 30.5 Å². The summed E-state index contributed by atoms with van der Waals surface area (Å²) in [6, 6.07) is 10.5. The third kappa shape index (κ3) is 3.54. The van der Waals surface area contributed by atoms with Crippen LogP contribution in [0.2, 0.25) is 0 Å². The second-order valence-electron chi connectivity index (χ2n) is 4.67. The first kappa shape index (κ1) is 14.5. The molecule has 0 aliphatic heterocycles. The highest BCUT2D eigenvalue weighted by Crippen LogP contribution is 2.20. The van der Waals surface area contributed by atoms with Crippen molar-refractivity contribution >= 4 is 0 Å². The Kier molecular flexibility index (Phi) is 4.69. The van der Waals surface area contributed by atoms with Gasteiger partial charge in [0.25, 0.3) is 0 Å². The third-order valence-electron chi connectivity index (χ3n) is 3.26. The van der Waals surface area contributed by atoms with Gasteiger partial charge in [0.2, 0.25) is 0 Å². The van der Waals surface area contributed by atoms with E-state index in [-0.39, 0.29) is 11.8 Å². The Hall–Kier alpha value is -1.94. The Morgan fingerprint density at radius 1 is 1.10 bits per heavy atom. The molecule has 2 rings (SSSR count). The lowest BCUT2D eigenvalue weighted by Crippen LogP contribution is -2.20. The van der Waals surface area contributed by atoms with Crippen molar-refractivity contribution in [2.75, 3.05) is 0 Å². The maximum absolute atomic E-state index is 13.5. The van der Waals surface area contributed by atoms with Gasteiger partial charge in [0.1, 0.15) is 17.4 Å². The van der Waals surface area contributed by atoms with E-state index in [0.29, 0.717) is 12.1 Å². The molecule has 0 saturated carbocycles. The molecule has 0 heterocycles. The molecule has 2 nitrogen and oxygen atoms in total. The summed E-state index contributed by atoms with van der Waals surface area (Å²) in [5.74, 6) is -0.900. The van der Waals surface area contributed by atoms with Crippen LogP contribution in [-0.2, 0) is 6.54 Å². The summed E-state index contributed by atoms with van der Waals surface area (Å²) in [5.41, 5.74) is 1.46. The van der Waals surface area contributed by atoms with Crippen molar-refractivity contribution in [2.45, 2.75) is 25.9 Å². The van der Waals surface area contributed by atoms with Gasteiger partial charge >= 0.3 is 0 Å². The van der Waals surface area contributed by atoms with E-state index in [1.807, 2.05) is 19.1 Å². The molecular formula is C16H17F2NO. The zero-order valence-electron chi connectivity index (χ0n) is 11.2. The molecule has 1 unspecified atom stereocenters. The maximum atomic E-state index is 13.5. The molecule has 0 aliphatic carbocycles. The topological polar surface area (TPSA) is 32.3 Å². The van der Waals surface area contributed by atoms with Crippen LogP contribution in [0, 0.1) is 11.6 Å². The van der Waals surface area contributed by atoms with Gasteiger partial charge in [0.15, 0.2) is 0 Å². The first-order valence-corrected chi connectivity index (χ1v) is 6.56. The van der Waals surface area contributed by atoms with E-state index in [0.717, 1.165) is 18.1 Å². The monoisotopic (exact) mass is 277 g/mol. The maximum Gasteiger partial charge on any atom is 0.130 e. The van der Waals surface area contributed by atoms with Gasteiger partial charge in [0.05, 0.1) is 0 Å². The van der Waals surface area contributed by atoms with E-state index in [2.05, 4.69) is 5.32 Å². The zero-order valence-corrected chi connectivity index (χ0v) is 11.2. The minimum absolute atomic E-state index is 0.0556. The SMILES string of the molecule is CCC(NCc1ccc(F)cc1F)c1ccc(O)cc1. The molecule has 2 N–H and O–H groups in total. The van der Waals surface area contributed by atoms with Gasteiger partial charge in [-0.2, -0.15) is 0 Å². The summed E-state index contributed by atoms with van der Waals surface area (Å²) in [6.45, 7) is 2.34. The van der Waals surface area contributed by atoms with Crippen molar-refractivity contribution in [3.8, 4) is 5.75 Å². The molecule has 4 heteroatoms. The summed E-state index contributed by atoms with van der Waals surface area (Å²) in [4.78, 5) is 0. The highest BCUT2D eigenvalue weighted by Gasteiger charge is 2.10. The van der Waals surface area contributed by atoms with Crippen molar-refractivity contribution in [2.24, 2.45) is 0 Å². The van der Waals surface area contributed by atoms with Crippen molar-refractivity contribution in [3.05, 3.63) is 65.2 Å². The molecule has 0 radical (unpaired) electrons. The van der Waals surface area contributed by atoms with E-state index in [9.17, 15) is 13.9 Å². The van der Waals surface area contributed by atoms with E-state index >= 15 is 0 Å². The van der Waals surface area contributed by atoms with Gasteiger partial charge in [0, 0.05) is 24.2 Å². The fourth-order valence-corrected chi connectivity index (χ4v) is 2.10. The number of hydrogen-bond acceptors (Lipinski definition) is 2. The number of phenols is 1. The minimum Gasteiger partial charge on any atom is -0.508 e. The summed E-state index contributed by atoms with van der Waals surface area (Å²) in [6.07, 6.45) is 0.827. The van der Waals surface area contributed by atoms with Crippen molar-refractivity contribution in [1.29, 1.82) is 0 Å². The van der Waals surface area contributed by atoms with E-state index < -0.39 is 11.6 Å². The van der Waals surface area contributed by atoms with Crippen LogP contribution in [0.15, 0.2) is 42.5 Å². The van der Waals surface area contributed by atoms with E-state index in [1.165, 1.54) is 12.1 Å². The van der Waals surface area contributed by atoms with Crippen molar-refractivity contribution in [1.82, 2.24) is 5.32 Å². The number of nitrogens with one attached hydrogen (secondary N) is 1. The van der Waals surface area contributed by atoms with Gasteiger partial charge in [-0.05, 0) is 30.2 Å². The lowest BCUT2D eigenvalue weighted by molar-refractivity contribution is 0.472. The molecule has 0 aromatic heterocycles. The molecule has 0 amide bonds. The number of phenolic OH excluding ortho intramolecular Hbond substituents is 1. The molecule has 2 aromatic carbocycles. The van der Waals surface area contributed by atoms with E-state index in [1.54, 1.807) is 12.1 Å². The molecule has 0 saturated heterocycles. The number of hydrogen-bond donors (Lipinski definition) is 2. The van der Waals surface area contributed by atoms with Crippen LogP contribution in [0.3, 0.4) is 0 Å². The van der Waals surface area contributed by atoms with Crippen LogP contribution in [0.4, 0.5) is 8.78 Å². The lowest BCUT2D eigenvalue weighted by Gasteiger charge is -2.18. The molecule has 1 atom stereocenters. The second-order valence-corrected chi connectivity index (χ2v) is 4.67. The van der Waals surface area contributed by atoms with E-state index in [4.69, 9.17) is 0 Å². The molecule has 2 aromatic rings. The zero-order chi connectivity index (χ0) is 14.5. The first-order valence-electron chi connectivity index (χ1n) is 6.56. The first-order chi connectivity index (χ1) is 9.60. The van der Waals surface area contributed by atoms with Gasteiger partial charge in [-0.1, -0.05) is 25.1 Å². The van der Waals surface area contributed by atoms with Crippen LogP contribution >= 0.6 is 0 Å². The average molecular weight is 277 g/mol. The fraction of sp³-hybridized carbons (Fsp3) is 0.250. The van der Waals surface area contributed by atoms with Crippen LogP contribution in [0.5, 0.6) is 5.75 Å². The molecule has 106 valence electrons. The summed E-state index contributed by atoms with van der Waals surface area (Å²) >= 11 is 0. The third-order valence-corrected chi connectivity index (χ3v) is 3.26. The lowest BCUT2D eigenvalue weighted by atomic mass is 10.0. The standard InChI is InChI=1S/C16H17F2NO/c1-2-16(11-4-7-14(20)8-5-11)19-10-12-3-6-13(17)9-15(12)18/h3-9,16,19-20H,2,10H2,1H3. The quantitative estimate of drug-likeness (QED) is 0.868. The van der Waals surface area contributed by atoms with Gasteiger partial charge in [-0.25, -0.2) is 8.78 Å². The summed E-state index contributed by atoms with van der Waals surface area (Å²) < 4.78 is 26.4. The van der Waals surface area contributed by atoms with Gasteiger partial charge < -0.3 is 10.4 Å². The normalized spacial score (nSPS) is 12.3. The Bertz CT molecular complexity index is 569. The predicted octanol–water partition coefficient (Wildman–Crippen LogP) is 3.91. The second kappa shape index (κ2) is 6.48. The van der Waals surface area contributed by atoms with Crippen LogP contribution in [-0.4, -0.2) is 5.11 Å². The molecule has 0 fully saturated rings. The molecule has 0 aliphatic rings.